The summed E-state index contributed by atoms with van der Waals surface area (Å²) in [5.74, 6) is -0.313. The van der Waals surface area contributed by atoms with Gasteiger partial charge in [0.25, 0.3) is 0 Å². The number of nitrogens with one attached hydrogen (secondary N) is 1. The summed E-state index contributed by atoms with van der Waals surface area (Å²) in [6, 6.07) is 0. The van der Waals surface area contributed by atoms with Gasteiger partial charge in [-0.1, -0.05) is 0 Å². The van der Waals surface area contributed by atoms with Crippen LogP contribution in [0.5, 0.6) is 0 Å². The van der Waals surface area contributed by atoms with Crippen molar-refractivity contribution in [1.29, 1.82) is 0 Å². The lowest BCUT2D eigenvalue weighted by Gasteiger charge is -2.34. The topological polar surface area (TPSA) is 73.9 Å². The van der Waals surface area contributed by atoms with Gasteiger partial charge in [-0.2, -0.15) is 0 Å². The zero-order valence-corrected chi connectivity index (χ0v) is 12.1. The van der Waals surface area contributed by atoms with E-state index in [4.69, 9.17) is 14.2 Å². The van der Waals surface area contributed by atoms with Gasteiger partial charge in [-0.05, 0) is 33.6 Å². The number of hydrogen-bond acceptors (Lipinski definition) is 5. The van der Waals surface area contributed by atoms with Crippen LogP contribution < -0.4 is 5.32 Å². The number of alkyl carbamates (subject to hydrolysis) is 1. The average molecular weight is 273 g/mol. The van der Waals surface area contributed by atoms with Gasteiger partial charge >= 0.3 is 12.1 Å². The Balaban J connectivity index is 2.59. The van der Waals surface area contributed by atoms with Crippen molar-refractivity contribution in [3.63, 3.8) is 0 Å². The van der Waals surface area contributed by atoms with E-state index in [9.17, 15) is 9.59 Å². The molecule has 0 atom stereocenters. The van der Waals surface area contributed by atoms with Gasteiger partial charge in [0, 0.05) is 19.8 Å². The van der Waals surface area contributed by atoms with Crippen molar-refractivity contribution in [2.24, 2.45) is 5.41 Å². The lowest BCUT2D eigenvalue weighted by molar-refractivity contribution is -0.158. The van der Waals surface area contributed by atoms with Crippen molar-refractivity contribution in [2.75, 3.05) is 26.9 Å². The molecule has 0 saturated carbocycles. The summed E-state index contributed by atoms with van der Waals surface area (Å²) in [6.45, 7) is 6.56. The van der Waals surface area contributed by atoms with E-state index in [0.717, 1.165) is 0 Å². The number of amides is 1. The van der Waals surface area contributed by atoms with Crippen molar-refractivity contribution in [1.82, 2.24) is 5.32 Å². The van der Waals surface area contributed by atoms with Gasteiger partial charge in [-0.3, -0.25) is 4.79 Å². The molecule has 0 aromatic rings. The summed E-state index contributed by atoms with van der Waals surface area (Å²) in [5, 5.41) is 2.65. The average Bonchev–Trinajstić information content (AvgIpc) is 2.34. The Morgan fingerprint density at radius 3 is 2.32 bits per heavy atom. The number of carbonyl (C=O) groups excluding carboxylic acids is 2. The smallest absolute Gasteiger partial charge is 0.407 e. The van der Waals surface area contributed by atoms with E-state index in [2.05, 4.69) is 5.32 Å². The molecule has 19 heavy (non-hydrogen) atoms. The summed E-state index contributed by atoms with van der Waals surface area (Å²) < 4.78 is 15.2. The highest BCUT2D eigenvalue weighted by atomic mass is 16.6. The predicted octanol–water partition coefficient (Wildman–Crippen LogP) is 1.48. The number of carbonyl (C=O) groups is 2. The minimum absolute atomic E-state index is 0.206. The number of methoxy groups -OCH3 is 1. The van der Waals surface area contributed by atoms with Crippen LogP contribution in [-0.4, -0.2) is 44.5 Å². The Bertz CT molecular complexity index is 328. The van der Waals surface area contributed by atoms with Crippen LogP contribution in [0.3, 0.4) is 0 Å². The molecule has 0 bridgehead atoms. The van der Waals surface area contributed by atoms with Crippen LogP contribution in [0.4, 0.5) is 4.79 Å². The van der Waals surface area contributed by atoms with Crippen molar-refractivity contribution in [2.45, 2.75) is 39.2 Å². The Morgan fingerprint density at radius 1 is 1.26 bits per heavy atom. The second-order valence-corrected chi connectivity index (χ2v) is 5.74. The van der Waals surface area contributed by atoms with Crippen LogP contribution in [-0.2, 0) is 19.0 Å². The molecule has 1 aliphatic heterocycles. The van der Waals surface area contributed by atoms with Crippen molar-refractivity contribution in [3.8, 4) is 0 Å². The molecule has 0 aromatic heterocycles. The van der Waals surface area contributed by atoms with Gasteiger partial charge in [0.2, 0.25) is 0 Å². The Hall–Kier alpha value is -1.30. The molecule has 6 heteroatoms. The molecular formula is C13H23NO5. The standard InChI is InChI=1S/C13H23NO5/c1-12(2,3)19-11(16)14-9-13(10(15)17-4)5-7-18-8-6-13/h5-9H2,1-4H3,(H,14,16). The third kappa shape index (κ3) is 4.70. The molecule has 1 fully saturated rings. The Morgan fingerprint density at radius 2 is 1.84 bits per heavy atom. The summed E-state index contributed by atoms with van der Waals surface area (Å²) in [7, 11) is 1.35. The zero-order chi connectivity index (χ0) is 14.5. The van der Waals surface area contributed by atoms with Crippen molar-refractivity contribution >= 4 is 12.1 Å². The lowest BCUT2D eigenvalue weighted by Crippen LogP contribution is -2.48. The molecule has 1 N–H and O–H groups in total. The molecule has 0 unspecified atom stereocenters. The fourth-order valence-electron chi connectivity index (χ4n) is 1.99. The summed E-state index contributed by atoms with van der Waals surface area (Å²) in [4.78, 5) is 23.6. The van der Waals surface area contributed by atoms with Crippen molar-refractivity contribution in [3.05, 3.63) is 0 Å². The Kier molecular flexibility index (Phi) is 5.17. The lowest BCUT2D eigenvalue weighted by atomic mass is 9.80. The van der Waals surface area contributed by atoms with Gasteiger partial charge in [0.15, 0.2) is 0 Å². The first-order valence-electron chi connectivity index (χ1n) is 6.42. The molecule has 1 saturated heterocycles. The molecule has 110 valence electrons. The summed E-state index contributed by atoms with van der Waals surface area (Å²) >= 11 is 0. The maximum Gasteiger partial charge on any atom is 0.407 e. The monoisotopic (exact) mass is 273 g/mol. The van der Waals surface area contributed by atoms with E-state index >= 15 is 0 Å². The zero-order valence-electron chi connectivity index (χ0n) is 12.1. The SMILES string of the molecule is COC(=O)C1(CNC(=O)OC(C)(C)C)CCOCC1. The third-order valence-corrected chi connectivity index (χ3v) is 3.04. The fourth-order valence-corrected chi connectivity index (χ4v) is 1.99. The first kappa shape index (κ1) is 15.8. The second kappa shape index (κ2) is 6.23. The van der Waals surface area contributed by atoms with E-state index in [0.29, 0.717) is 26.1 Å². The van der Waals surface area contributed by atoms with Gasteiger partial charge in [0.1, 0.15) is 5.60 Å². The maximum absolute atomic E-state index is 11.9. The van der Waals surface area contributed by atoms with E-state index in [1.54, 1.807) is 20.8 Å². The summed E-state index contributed by atoms with van der Waals surface area (Å²) in [6.07, 6.45) is 0.549. The molecule has 1 heterocycles. The highest BCUT2D eigenvalue weighted by Crippen LogP contribution is 2.31. The fraction of sp³-hybridized carbons (Fsp3) is 0.846. The minimum atomic E-state index is -0.704. The van der Waals surface area contributed by atoms with E-state index in [1.165, 1.54) is 7.11 Å². The minimum Gasteiger partial charge on any atom is -0.469 e. The Labute approximate surface area is 113 Å². The first-order valence-corrected chi connectivity index (χ1v) is 6.42. The van der Waals surface area contributed by atoms with Gasteiger partial charge in [0.05, 0.1) is 12.5 Å². The number of hydrogen-bond donors (Lipinski definition) is 1. The number of esters is 1. The normalized spacial score (nSPS) is 18.5. The molecular weight excluding hydrogens is 250 g/mol. The quantitative estimate of drug-likeness (QED) is 0.788. The highest BCUT2D eigenvalue weighted by Gasteiger charge is 2.41. The van der Waals surface area contributed by atoms with Gasteiger partial charge in [-0.15, -0.1) is 0 Å². The van der Waals surface area contributed by atoms with Crippen LogP contribution >= 0.6 is 0 Å². The molecule has 1 amide bonds. The summed E-state index contributed by atoms with van der Waals surface area (Å²) in [5.41, 5.74) is -1.26. The molecule has 6 nitrogen and oxygen atoms in total. The second-order valence-electron chi connectivity index (χ2n) is 5.74. The van der Waals surface area contributed by atoms with Gasteiger partial charge < -0.3 is 19.5 Å². The third-order valence-electron chi connectivity index (χ3n) is 3.04. The molecule has 0 aromatic carbocycles. The maximum atomic E-state index is 11.9. The van der Waals surface area contributed by atoms with Crippen molar-refractivity contribution < 1.29 is 23.8 Å². The predicted molar refractivity (Wildman–Crippen MR) is 68.7 cm³/mol. The molecule has 0 radical (unpaired) electrons. The van der Waals surface area contributed by atoms with Crippen LogP contribution in [0.25, 0.3) is 0 Å². The molecule has 0 aliphatic carbocycles. The van der Waals surface area contributed by atoms with Gasteiger partial charge in [-0.25, -0.2) is 4.79 Å². The van der Waals surface area contributed by atoms with Crippen LogP contribution in [0.1, 0.15) is 33.6 Å². The van der Waals surface area contributed by atoms with Crippen LogP contribution in [0.15, 0.2) is 0 Å². The number of rotatable bonds is 3. The van der Waals surface area contributed by atoms with Crippen LogP contribution in [0.2, 0.25) is 0 Å². The molecule has 1 aliphatic rings. The van der Waals surface area contributed by atoms with E-state index in [-0.39, 0.29) is 12.5 Å². The van der Waals surface area contributed by atoms with E-state index in [1.807, 2.05) is 0 Å². The molecule has 1 rings (SSSR count). The highest BCUT2D eigenvalue weighted by molar-refractivity contribution is 5.78. The number of ether oxygens (including phenoxy) is 3. The van der Waals surface area contributed by atoms with E-state index < -0.39 is 17.1 Å². The van der Waals surface area contributed by atoms with Crippen LogP contribution in [0, 0.1) is 5.41 Å². The molecule has 0 spiro atoms. The first-order chi connectivity index (χ1) is 8.79. The largest absolute Gasteiger partial charge is 0.469 e.